The number of ether oxygens (including phenoxy) is 1. The Morgan fingerprint density at radius 2 is 1.85 bits per heavy atom. The van der Waals surface area contributed by atoms with Crippen molar-refractivity contribution in [2.45, 2.75) is 40.0 Å². The Kier molecular flexibility index (Phi) is 8.37. The number of hydrogen-bond donors (Lipinski definition) is 1. The molecule has 0 aliphatic rings. The van der Waals surface area contributed by atoms with E-state index in [0.717, 1.165) is 29.5 Å². The first-order valence-corrected chi connectivity index (χ1v) is 10.3. The molecule has 1 N–H and O–H groups in total. The van der Waals surface area contributed by atoms with Crippen LogP contribution in [0.2, 0.25) is 5.02 Å². The number of benzene rings is 2. The van der Waals surface area contributed by atoms with Gasteiger partial charge in [0.05, 0.1) is 35.0 Å². The highest BCUT2D eigenvalue weighted by Crippen LogP contribution is 2.33. The first-order chi connectivity index (χ1) is 15.1. The van der Waals surface area contributed by atoms with E-state index in [9.17, 15) is 22.8 Å². The highest BCUT2D eigenvalue weighted by Gasteiger charge is 2.31. The molecule has 0 atom stereocenters. The van der Waals surface area contributed by atoms with E-state index in [4.69, 9.17) is 16.3 Å². The quantitative estimate of drug-likeness (QED) is 0.411. The number of halogens is 5. The Labute approximate surface area is 199 Å². The summed E-state index contributed by atoms with van der Waals surface area (Å²) in [4.78, 5) is 24.9. The van der Waals surface area contributed by atoms with E-state index in [0.29, 0.717) is 17.6 Å². The van der Waals surface area contributed by atoms with Gasteiger partial charge in [-0.15, -0.1) is 0 Å². The summed E-state index contributed by atoms with van der Waals surface area (Å²) in [5.74, 6) is -0.298. The van der Waals surface area contributed by atoms with Crippen molar-refractivity contribution in [1.29, 1.82) is 0 Å². The summed E-state index contributed by atoms with van der Waals surface area (Å²) >= 11 is 5.99. The Bertz CT molecular complexity index is 1190. The number of fused-ring (bicyclic) bond motifs is 1. The van der Waals surface area contributed by atoms with Crippen LogP contribution >= 0.6 is 11.6 Å². The van der Waals surface area contributed by atoms with Gasteiger partial charge in [0.15, 0.2) is 17.6 Å². The van der Waals surface area contributed by atoms with Crippen molar-refractivity contribution in [3.05, 3.63) is 58.4 Å². The van der Waals surface area contributed by atoms with E-state index < -0.39 is 23.6 Å². The van der Waals surface area contributed by atoms with E-state index in [2.05, 4.69) is 5.32 Å². The molecule has 1 amide bonds. The first-order valence-electron chi connectivity index (χ1n) is 9.93. The molecule has 0 saturated carbocycles. The number of aromatic nitrogens is 2. The Morgan fingerprint density at radius 1 is 1.15 bits per heavy atom. The maximum atomic E-state index is 13.0. The molecular formula is C22H22Cl2F3N3O3. The number of anilines is 1. The van der Waals surface area contributed by atoms with Crippen LogP contribution in [0.4, 0.5) is 18.9 Å². The summed E-state index contributed by atoms with van der Waals surface area (Å²) in [6.07, 6.45) is -4.56. The molecule has 178 valence electrons. The van der Waals surface area contributed by atoms with Gasteiger partial charge in [-0.25, -0.2) is 13.9 Å². The van der Waals surface area contributed by atoms with Gasteiger partial charge in [-0.05, 0) is 44.2 Å². The van der Waals surface area contributed by atoms with Crippen molar-refractivity contribution in [2.24, 2.45) is 0 Å². The zero-order valence-corrected chi connectivity index (χ0v) is 19.6. The maximum absolute atomic E-state index is 13.0. The van der Waals surface area contributed by atoms with Gasteiger partial charge < -0.3 is 22.5 Å². The molecule has 0 spiro atoms. The molecule has 0 radical (unpaired) electrons. The molecule has 1 heterocycles. The minimum Gasteiger partial charge on any atom is -1.00 e. The number of carbonyl (C=O) groups is 2. The number of aryl methyl sites for hydroxylation is 1. The monoisotopic (exact) mass is 503 g/mol. The van der Waals surface area contributed by atoms with Crippen LogP contribution in [0.3, 0.4) is 0 Å². The topological polar surface area (TPSA) is 64.2 Å². The van der Waals surface area contributed by atoms with Crippen LogP contribution in [-0.4, -0.2) is 23.1 Å². The van der Waals surface area contributed by atoms with Gasteiger partial charge in [0.25, 0.3) is 11.7 Å². The zero-order chi connectivity index (χ0) is 23.6. The van der Waals surface area contributed by atoms with Crippen LogP contribution < -0.4 is 22.3 Å². The van der Waals surface area contributed by atoms with Crippen LogP contribution in [0.5, 0.6) is 0 Å². The number of esters is 1. The van der Waals surface area contributed by atoms with Gasteiger partial charge in [-0.1, -0.05) is 11.6 Å². The Hall–Kier alpha value is -2.78. The predicted molar refractivity (Wildman–Crippen MR) is 114 cm³/mol. The summed E-state index contributed by atoms with van der Waals surface area (Å²) in [7, 11) is 0. The molecule has 0 fully saturated rings. The Morgan fingerprint density at radius 3 is 2.45 bits per heavy atom. The number of alkyl halides is 3. The lowest BCUT2D eigenvalue weighted by molar-refractivity contribution is -0.674. The van der Waals surface area contributed by atoms with Crippen LogP contribution in [0.15, 0.2) is 36.4 Å². The van der Waals surface area contributed by atoms with Gasteiger partial charge in [0, 0.05) is 13.0 Å². The fraction of sp³-hybridized carbons (Fsp3) is 0.318. The van der Waals surface area contributed by atoms with E-state index in [1.54, 1.807) is 29.7 Å². The average Bonchev–Trinajstić information content (AvgIpc) is 2.99. The lowest BCUT2D eigenvalue weighted by Gasteiger charge is -2.11. The molecule has 0 aliphatic carbocycles. The highest BCUT2D eigenvalue weighted by atomic mass is 35.5. The van der Waals surface area contributed by atoms with Crippen molar-refractivity contribution in [3.8, 4) is 0 Å². The normalized spacial score (nSPS) is 11.2. The standard InChI is InChI=1S/C22H21ClF3N3O3.ClH/c1-4-28-13(3)29(19-10-14(6-9-18(19)28)21(31)32-5-2)12-20(30)27-17-11-15(22(24,25)26)7-8-16(17)23;/h6-11H,4-5,12H2,1-3H3;1H. The lowest BCUT2D eigenvalue weighted by Crippen LogP contribution is -3.00. The summed E-state index contributed by atoms with van der Waals surface area (Å²) < 4.78 is 47.7. The number of hydrogen-bond acceptors (Lipinski definition) is 3. The van der Waals surface area contributed by atoms with Crippen LogP contribution in [0.25, 0.3) is 11.0 Å². The molecule has 6 nitrogen and oxygen atoms in total. The summed E-state index contributed by atoms with van der Waals surface area (Å²) in [6.45, 7) is 6.13. The summed E-state index contributed by atoms with van der Waals surface area (Å²) in [5.41, 5.74) is 0.727. The summed E-state index contributed by atoms with van der Waals surface area (Å²) in [5, 5.41) is 2.45. The van der Waals surface area contributed by atoms with Gasteiger partial charge in [0.1, 0.15) is 0 Å². The number of amides is 1. The van der Waals surface area contributed by atoms with E-state index in [1.165, 1.54) is 0 Å². The molecule has 3 rings (SSSR count). The molecule has 0 bridgehead atoms. The fourth-order valence-corrected chi connectivity index (χ4v) is 3.70. The molecule has 1 aromatic heterocycles. The smallest absolute Gasteiger partial charge is 0.416 e. The first kappa shape index (κ1) is 26.5. The number of nitrogens with zero attached hydrogens (tertiary/aromatic N) is 2. The number of nitrogens with one attached hydrogen (secondary N) is 1. The van der Waals surface area contributed by atoms with E-state index in [-0.39, 0.29) is 36.3 Å². The number of rotatable bonds is 6. The van der Waals surface area contributed by atoms with Gasteiger partial charge >= 0.3 is 12.1 Å². The largest absolute Gasteiger partial charge is 1.00 e. The molecule has 2 aromatic carbocycles. The molecule has 33 heavy (non-hydrogen) atoms. The van der Waals surface area contributed by atoms with Crippen LogP contribution in [0, 0.1) is 6.92 Å². The SMILES string of the molecule is CCOC(=O)c1ccc2c(c1)n(CC(=O)Nc1cc(C(F)(F)F)ccc1Cl)c(C)[n+]2CC.[Cl-]. The van der Waals surface area contributed by atoms with E-state index >= 15 is 0 Å². The summed E-state index contributed by atoms with van der Waals surface area (Å²) in [6, 6.07) is 7.80. The van der Waals surface area contributed by atoms with Crippen molar-refractivity contribution < 1.29 is 44.5 Å². The van der Waals surface area contributed by atoms with E-state index in [1.807, 2.05) is 18.4 Å². The molecule has 0 saturated heterocycles. The van der Waals surface area contributed by atoms with Crippen molar-refractivity contribution in [1.82, 2.24) is 4.57 Å². The van der Waals surface area contributed by atoms with Gasteiger partial charge in [0.2, 0.25) is 0 Å². The number of imidazole rings is 1. The van der Waals surface area contributed by atoms with Crippen molar-refractivity contribution in [2.75, 3.05) is 11.9 Å². The second kappa shape index (κ2) is 10.4. The second-order valence-electron chi connectivity index (χ2n) is 7.04. The maximum Gasteiger partial charge on any atom is 0.416 e. The van der Waals surface area contributed by atoms with Crippen molar-refractivity contribution in [3.63, 3.8) is 0 Å². The van der Waals surface area contributed by atoms with Gasteiger partial charge in [-0.2, -0.15) is 13.2 Å². The molecule has 0 aliphatic heterocycles. The Balaban J connectivity index is 0.00000385. The van der Waals surface area contributed by atoms with Crippen LogP contribution in [-0.2, 0) is 28.8 Å². The fourth-order valence-electron chi connectivity index (χ4n) is 3.53. The predicted octanol–water partition coefficient (Wildman–Crippen LogP) is 1.75. The van der Waals surface area contributed by atoms with Crippen LogP contribution in [0.1, 0.15) is 35.6 Å². The lowest BCUT2D eigenvalue weighted by atomic mass is 10.2. The molecular weight excluding hydrogens is 482 g/mol. The zero-order valence-electron chi connectivity index (χ0n) is 18.1. The highest BCUT2D eigenvalue weighted by molar-refractivity contribution is 6.33. The second-order valence-corrected chi connectivity index (χ2v) is 7.45. The minimum absolute atomic E-state index is 0. The third-order valence-electron chi connectivity index (χ3n) is 5.04. The van der Waals surface area contributed by atoms with Gasteiger partial charge in [-0.3, -0.25) is 4.79 Å². The third-order valence-corrected chi connectivity index (χ3v) is 5.36. The molecule has 0 unspecified atom stereocenters. The molecule has 3 aromatic rings. The molecule has 11 heteroatoms. The third kappa shape index (κ3) is 5.59. The number of carbonyl (C=O) groups excluding carboxylic acids is 2. The van der Waals surface area contributed by atoms with Crippen molar-refractivity contribution >= 4 is 40.2 Å². The minimum atomic E-state index is -4.56. The average molecular weight is 504 g/mol.